The number of fused-ring (bicyclic) bond motifs is 1. The number of ether oxygens (including phenoxy) is 4. The summed E-state index contributed by atoms with van der Waals surface area (Å²) < 4.78 is 22.8. The van der Waals surface area contributed by atoms with E-state index < -0.39 is 0 Å². The maximum Gasteiger partial charge on any atom is 0.251 e. The van der Waals surface area contributed by atoms with Crippen LogP contribution in [0.1, 0.15) is 23.2 Å². The van der Waals surface area contributed by atoms with Gasteiger partial charge in [0.25, 0.3) is 5.91 Å². The van der Waals surface area contributed by atoms with Crippen molar-refractivity contribution in [2.24, 2.45) is 5.92 Å². The number of rotatable bonds is 7. The van der Waals surface area contributed by atoms with Gasteiger partial charge in [-0.1, -0.05) is 6.07 Å². The summed E-state index contributed by atoms with van der Waals surface area (Å²) in [5.74, 6) is 1.93. The molecule has 2 heterocycles. The third kappa shape index (κ3) is 4.42. The second-order valence-electron chi connectivity index (χ2n) is 8.37. The quantitative estimate of drug-likeness (QED) is 0.689. The smallest absolute Gasteiger partial charge is 0.251 e. The third-order valence-electron chi connectivity index (χ3n) is 6.04. The Morgan fingerprint density at radius 3 is 2.19 bits per heavy atom. The second kappa shape index (κ2) is 8.80. The van der Waals surface area contributed by atoms with E-state index in [9.17, 15) is 9.59 Å². The first-order valence-corrected chi connectivity index (χ1v) is 10.9. The van der Waals surface area contributed by atoms with Gasteiger partial charge in [0.1, 0.15) is 29.5 Å². The number of hydrogen-bond acceptors (Lipinski definition) is 6. The molecule has 1 aliphatic carbocycles. The Morgan fingerprint density at radius 1 is 0.875 bits per heavy atom. The van der Waals surface area contributed by atoms with Crippen LogP contribution in [0, 0.1) is 5.92 Å². The molecule has 2 N–H and O–H groups in total. The van der Waals surface area contributed by atoms with Gasteiger partial charge in [-0.2, -0.15) is 0 Å². The lowest BCUT2D eigenvalue weighted by Crippen LogP contribution is -2.47. The fourth-order valence-electron chi connectivity index (χ4n) is 4.13. The first kappa shape index (κ1) is 20.8. The fraction of sp³-hybridized carbons (Fsp3) is 0.417. The molecule has 2 amide bonds. The third-order valence-corrected chi connectivity index (χ3v) is 6.04. The van der Waals surface area contributed by atoms with E-state index in [1.807, 2.05) is 12.1 Å². The maximum atomic E-state index is 12.9. The highest BCUT2D eigenvalue weighted by Crippen LogP contribution is 2.32. The summed E-state index contributed by atoms with van der Waals surface area (Å²) >= 11 is 0. The van der Waals surface area contributed by atoms with E-state index in [1.54, 1.807) is 43.5 Å². The van der Waals surface area contributed by atoms with Crippen molar-refractivity contribution in [2.75, 3.05) is 20.3 Å². The molecule has 8 nitrogen and oxygen atoms in total. The van der Waals surface area contributed by atoms with Crippen molar-refractivity contribution >= 4 is 11.8 Å². The molecular weight excluding hydrogens is 412 g/mol. The molecule has 32 heavy (non-hydrogen) atoms. The van der Waals surface area contributed by atoms with E-state index in [-0.39, 0.29) is 42.0 Å². The summed E-state index contributed by atoms with van der Waals surface area (Å²) in [6.45, 7) is 0.740. The number of amides is 2. The minimum Gasteiger partial charge on any atom is -0.497 e. The Hall–Kier alpha value is -3.10. The summed E-state index contributed by atoms with van der Waals surface area (Å²) in [6.07, 6.45) is 1.39. The van der Waals surface area contributed by atoms with Gasteiger partial charge in [-0.3, -0.25) is 9.59 Å². The molecule has 1 saturated carbocycles. The van der Waals surface area contributed by atoms with Gasteiger partial charge >= 0.3 is 0 Å². The van der Waals surface area contributed by atoms with Crippen molar-refractivity contribution in [1.29, 1.82) is 0 Å². The van der Waals surface area contributed by atoms with Crippen molar-refractivity contribution in [3.63, 3.8) is 0 Å². The molecule has 0 radical (unpaired) electrons. The first-order valence-electron chi connectivity index (χ1n) is 10.9. The van der Waals surface area contributed by atoms with Crippen LogP contribution >= 0.6 is 0 Å². The van der Waals surface area contributed by atoms with E-state index in [0.29, 0.717) is 30.3 Å². The first-order chi connectivity index (χ1) is 15.6. The average molecular weight is 438 g/mol. The normalized spacial score (nSPS) is 26.3. The molecule has 8 heteroatoms. The molecule has 168 valence electrons. The SMILES string of the molecule is COc1ccc(Oc2cccc(C(=O)N[C@H]3CO[C@H]4[C@@H]3OC[C@@H]4NC(=O)C3CC3)c2)cc1. The van der Waals surface area contributed by atoms with Crippen LogP contribution < -0.4 is 20.1 Å². The summed E-state index contributed by atoms with van der Waals surface area (Å²) in [6, 6.07) is 13.8. The van der Waals surface area contributed by atoms with Crippen LogP contribution in [0.4, 0.5) is 0 Å². The van der Waals surface area contributed by atoms with Crippen LogP contribution in [-0.2, 0) is 14.3 Å². The average Bonchev–Trinajstić information content (AvgIpc) is 3.49. The van der Waals surface area contributed by atoms with Gasteiger partial charge in [-0.05, 0) is 55.3 Å². The van der Waals surface area contributed by atoms with E-state index in [2.05, 4.69) is 10.6 Å². The van der Waals surface area contributed by atoms with Gasteiger partial charge in [-0.15, -0.1) is 0 Å². The van der Waals surface area contributed by atoms with E-state index in [4.69, 9.17) is 18.9 Å². The minimum absolute atomic E-state index is 0.0732. The van der Waals surface area contributed by atoms with Gasteiger partial charge < -0.3 is 29.6 Å². The van der Waals surface area contributed by atoms with Gasteiger partial charge in [0.2, 0.25) is 5.91 Å². The Bertz CT molecular complexity index is 990. The van der Waals surface area contributed by atoms with Crippen LogP contribution in [0.25, 0.3) is 0 Å². The Morgan fingerprint density at radius 2 is 1.53 bits per heavy atom. The van der Waals surface area contributed by atoms with Crippen molar-refractivity contribution in [3.05, 3.63) is 54.1 Å². The number of carbonyl (C=O) groups excluding carboxylic acids is 2. The number of nitrogens with one attached hydrogen (secondary N) is 2. The van der Waals surface area contributed by atoms with Crippen molar-refractivity contribution in [2.45, 2.75) is 37.1 Å². The lowest BCUT2D eigenvalue weighted by atomic mass is 10.1. The van der Waals surface area contributed by atoms with Crippen LogP contribution in [0.2, 0.25) is 0 Å². The van der Waals surface area contributed by atoms with Gasteiger partial charge in [0, 0.05) is 11.5 Å². The van der Waals surface area contributed by atoms with Crippen LogP contribution in [0.5, 0.6) is 17.2 Å². The zero-order valence-electron chi connectivity index (χ0n) is 17.8. The van der Waals surface area contributed by atoms with E-state index in [0.717, 1.165) is 18.6 Å². The van der Waals surface area contributed by atoms with Crippen molar-refractivity contribution in [3.8, 4) is 17.2 Å². The molecular formula is C24H26N2O6. The number of hydrogen-bond donors (Lipinski definition) is 2. The van der Waals surface area contributed by atoms with Crippen LogP contribution in [0.15, 0.2) is 48.5 Å². The molecule has 2 aromatic carbocycles. The minimum atomic E-state index is -0.276. The number of carbonyl (C=O) groups is 2. The predicted octanol–water partition coefficient (Wildman–Crippen LogP) is 2.28. The summed E-state index contributed by atoms with van der Waals surface area (Å²) in [5.41, 5.74) is 0.482. The molecule has 2 aliphatic heterocycles. The largest absolute Gasteiger partial charge is 0.497 e. The molecule has 4 atom stereocenters. The molecule has 5 rings (SSSR count). The maximum absolute atomic E-state index is 12.9. The van der Waals surface area contributed by atoms with Crippen molar-refractivity contribution < 1.29 is 28.5 Å². The lowest BCUT2D eigenvalue weighted by Gasteiger charge is -2.18. The summed E-state index contributed by atoms with van der Waals surface area (Å²) in [5, 5.41) is 6.04. The summed E-state index contributed by atoms with van der Waals surface area (Å²) in [7, 11) is 1.61. The number of methoxy groups -OCH3 is 1. The van der Waals surface area contributed by atoms with E-state index in [1.165, 1.54) is 0 Å². The molecule has 0 unspecified atom stereocenters. The Kier molecular flexibility index (Phi) is 5.71. The van der Waals surface area contributed by atoms with Gasteiger partial charge in [0.05, 0.1) is 32.4 Å². The molecule has 2 aromatic rings. The standard InChI is InChI=1S/C24H26N2O6/c1-29-16-7-9-17(10-8-16)32-18-4-2-3-15(11-18)24(28)26-20-13-31-21-19(12-30-22(20)21)25-23(27)14-5-6-14/h2-4,7-11,14,19-22H,5-6,12-13H2,1H3,(H,25,27)(H,26,28)/t19-,20-,21+,22+/m0/s1. The van der Waals surface area contributed by atoms with Gasteiger partial charge in [0.15, 0.2) is 0 Å². The Balaban J connectivity index is 1.19. The zero-order valence-corrected chi connectivity index (χ0v) is 17.8. The van der Waals surface area contributed by atoms with Gasteiger partial charge in [-0.25, -0.2) is 0 Å². The monoisotopic (exact) mass is 438 g/mol. The number of benzene rings is 2. The van der Waals surface area contributed by atoms with Crippen molar-refractivity contribution in [1.82, 2.24) is 10.6 Å². The van der Waals surface area contributed by atoms with Crippen LogP contribution in [-0.4, -0.2) is 56.4 Å². The zero-order chi connectivity index (χ0) is 22.1. The second-order valence-corrected chi connectivity index (χ2v) is 8.37. The summed E-state index contributed by atoms with van der Waals surface area (Å²) in [4.78, 5) is 24.9. The molecule has 3 aliphatic rings. The molecule has 3 fully saturated rings. The molecule has 0 aromatic heterocycles. The lowest BCUT2D eigenvalue weighted by molar-refractivity contribution is -0.123. The predicted molar refractivity (Wildman–Crippen MR) is 115 cm³/mol. The Labute approximate surface area is 186 Å². The molecule has 0 spiro atoms. The highest BCUT2D eigenvalue weighted by molar-refractivity contribution is 5.94. The topological polar surface area (TPSA) is 95.1 Å². The molecule has 2 saturated heterocycles. The fourth-order valence-corrected chi connectivity index (χ4v) is 4.13. The highest BCUT2D eigenvalue weighted by Gasteiger charge is 2.49. The highest BCUT2D eigenvalue weighted by atomic mass is 16.6. The van der Waals surface area contributed by atoms with E-state index >= 15 is 0 Å². The van der Waals surface area contributed by atoms with Crippen LogP contribution in [0.3, 0.4) is 0 Å². The molecule has 0 bridgehead atoms.